The van der Waals surface area contributed by atoms with Gasteiger partial charge in [0.2, 0.25) is 5.91 Å². The van der Waals surface area contributed by atoms with Gasteiger partial charge in [-0.1, -0.05) is 18.2 Å². The molecule has 0 aliphatic rings. The van der Waals surface area contributed by atoms with Gasteiger partial charge in [0.15, 0.2) is 0 Å². The van der Waals surface area contributed by atoms with Crippen LogP contribution in [0.2, 0.25) is 0 Å². The van der Waals surface area contributed by atoms with Gasteiger partial charge in [-0.2, -0.15) is 0 Å². The molecule has 0 saturated heterocycles. The Balaban J connectivity index is 2.41. The van der Waals surface area contributed by atoms with Gasteiger partial charge in [0.1, 0.15) is 0 Å². The van der Waals surface area contributed by atoms with Crippen molar-refractivity contribution in [3.63, 3.8) is 0 Å². The Kier molecular flexibility index (Phi) is 6.69. The number of rotatable bonds is 7. The van der Waals surface area contributed by atoms with Crippen molar-refractivity contribution in [1.29, 1.82) is 0 Å². The topological polar surface area (TPSA) is 60.8 Å². The number of amides is 1. The fourth-order valence-corrected chi connectivity index (χ4v) is 2.18. The normalized spacial score (nSPS) is 10.2. The van der Waals surface area contributed by atoms with E-state index in [2.05, 4.69) is 0 Å². The molecule has 0 spiro atoms. The van der Waals surface area contributed by atoms with E-state index in [1.54, 1.807) is 0 Å². The highest BCUT2D eigenvalue weighted by Gasteiger charge is 2.12. The number of nitrogens with zero attached hydrogens (tertiary/aromatic N) is 1. The van der Waals surface area contributed by atoms with E-state index in [-0.39, 0.29) is 32.2 Å². The summed E-state index contributed by atoms with van der Waals surface area (Å²) in [6, 6.07) is 9.66. The van der Waals surface area contributed by atoms with Crippen molar-refractivity contribution in [3.8, 4) is 0 Å². The Bertz CT molecular complexity index is 326. The minimum atomic E-state index is -0.0816. The predicted molar refractivity (Wildman–Crippen MR) is 67.9 cm³/mol. The molecule has 0 bridgehead atoms. The smallest absolute Gasteiger partial charge is 0.233 e. The molecule has 0 radical (unpaired) electrons. The molecule has 0 unspecified atom stereocenters. The third-order valence-electron chi connectivity index (χ3n) is 2.20. The molecule has 4 nitrogen and oxygen atoms in total. The van der Waals surface area contributed by atoms with Crippen LogP contribution in [0.3, 0.4) is 0 Å². The van der Waals surface area contributed by atoms with E-state index in [1.807, 2.05) is 30.3 Å². The highest BCUT2D eigenvalue weighted by molar-refractivity contribution is 8.00. The lowest BCUT2D eigenvalue weighted by molar-refractivity contribution is -0.129. The van der Waals surface area contributed by atoms with Gasteiger partial charge in [-0.15, -0.1) is 11.8 Å². The number of carbonyl (C=O) groups excluding carboxylic acids is 1. The average molecular weight is 255 g/mol. The van der Waals surface area contributed by atoms with Crippen molar-refractivity contribution < 1.29 is 15.0 Å². The summed E-state index contributed by atoms with van der Waals surface area (Å²) < 4.78 is 0. The van der Waals surface area contributed by atoms with Gasteiger partial charge in [-0.25, -0.2) is 0 Å². The van der Waals surface area contributed by atoms with Crippen molar-refractivity contribution in [1.82, 2.24) is 4.90 Å². The fraction of sp³-hybridized carbons (Fsp3) is 0.417. The number of hydrogen-bond donors (Lipinski definition) is 2. The molecule has 0 atom stereocenters. The molecule has 94 valence electrons. The second-order valence-electron chi connectivity index (χ2n) is 3.43. The monoisotopic (exact) mass is 255 g/mol. The number of aliphatic hydroxyl groups excluding tert-OH is 2. The summed E-state index contributed by atoms with van der Waals surface area (Å²) in [6.07, 6.45) is 0. The molecular weight excluding hydrogens is 238 g/mol. The number of carbonyl (C=O) groups is 1. The molecule has 17 heavy (non-hydrogen) atoms. The molecule has 1 rings (SSSR count). The molecule has 0 saturated carbocycles. The van der Waals surface area contributed by atoms with Crippen LogP contribution in [-0.4, -0.2) is 53.1 Å². The van der Waals surface area contributed by atoms with Crippen LogP contribution in [0.4, 0.5) is 0 Å². The zero-order valence-corrected chi connectivity index (χ0v) is 10.4. The van der Waals surface area contributed by atoms with Crippen LogP contribution in [0, 0.1) is 0 Å². The van der Waals surface area contributed by atoms with E-state index in [4.69, 9.17) is 10.2 Å². The number of benzene rings is 1. The highest BCUT2D eigenvalue weighted by Crippen LogP contribution is 2.17. The zero-order chi connectivity index (χ0) is 12.5. The van der Waals surface area contributed by atoms with E-state index in [0.29, 0.717) is 5.75 Å². The summed E-state index contributed by atoms with van der Waals surface area (Å²) in [5.41, 5.74) is 0. The lowest BCUT2D eigenvalue weighted by atomic mass is 10.4. The van der Waals surface area contributed by atoms with Crippen LogP contribution in [-0.2, 0) is 4.79 Å². The maximum atomic E-state index is 11.8. The maximum Gasteiger partial charge on any atom is 0.233 e. The standard InChI is InChI=1S/C12H17NO3S/c14-8-6-13(7-9-15)12(16)10-17-11-4-2-1-3-5-11/h1-5,14-15H,6-10H2. The molecule has 2 N–H and O–H groups in total. The van der Waals surface area contributed by atoms with Crippen LogP contribution >= 0.6 is 11.8 Å². The molecule has 1 aromatic rings. The zero-order valence-electron chi connectivity index (χ0n) is 9.58. The van der Waals surface area contributed by atoms with E-state index in [1.165, 1.54) is 16.7 Å². The second kappa shape index (κ2) is 8.11. The first-order valence-corrected chi connectivity index (χ1v) is 6.44. The van der Waals surface area contributed by atoms with Gasteiger partial charge < -0.3 is 15.1 Å². The highest BCUT2D eigenvalue weighted by atomic mass is 32.2. The summed E-state index contributed by atoms with van der Waals surface area (Å²) in [7, 11) is 0. The van der Waals surface area contributed by atoms with E-state index >= 15 is 0 Å². The first-order chi connectivity index (χ1) is 8.27. The number of aliphatic hydroxyl groups is 2. The van der Waals surface area contributed by atoms with Crippen molar-refractivity contribution in [2.75, 3.05) is 32.1 Å². The first-order valence-electron chi connectivity index (χ1n) is 5.45. The molecule has 0 aliphatic heterocycles. The van der Waals surface area contributed by atoms with Gasteiger partial charge >= 0.3 is 0 Å². The largest absolute Gasteiger partial charge is 0.395 e. The predicted octanol–water partition coefficient (Wildman–Crippen LogP) is 0.592. The Labute approximate surface area is 105 Å². The van der Waals surface area contributed by atoms with Gasteiger partial charge in [-0.05, 0) is 12.1 Å². The molecule has 1 amide bonds. The lowest BCUT2D eigenvalue weighted by Crippen LogP contribution is -2.37. The van der Waals surface area contributed by atoms with E-state index < -0.39 is 0 Å². The van der Waals surface area contributed by atoms with Crippen LogP contribution < -0.4 is 0 Å². The van der Waals surface area contributed by atoms with Gasteiger partial charge in [0.05, 0.1) is 19.0 Å². The number of thioether (sulfide) groups is 1. The molecular formula is C12H17NO3S. The second-order valence-corrected chi connectivity index (χ2v) is 4.48. The SMILES string of the molecule is O=C(CSc1ccccc1)N(CCO)CCO. The van der Waals surface area contributed by atoms with Gasteiger partial charge in [-0.3, -0.25) is 4.79 Å². The fourth-order valence-electron chi connectivity index (χ4n) is 1.36. The summed E-state index contributed by atoms with van der Waals surface area (Å²) >= 11 is 1.45. The third-order valence-corrected chi connectivity index (χ3v) is 3.19. The Morgan fingerprint density at radius 3 is 2.24 bits per heavy atom. The molecule has 0 heterocycles. The van der Waals surface area contributed by atoms with Crippen LogP contribution in [0.1, 0.15) is 0 Å². The summed E-state index contributed by atoms with van der Waals surface area (Å²) in [5.74, 6) is 0.256. The van der Waals surface area contributed by atoms with E-state index in [0.717, 1.165) is 4.90 Å². The number of hydrogen-bond acceptors (Lipinski definition) is 4. The Morgan fingerprint density at radius 1 is 1.12 bits per heavy atom. The lowest BCUT2D eigenvalue weighted by Gasteiger charge is -2.20. The summed E-state index contributed by atoms with van der Waals surface area (Å²) in [4.78, 5) is 14.3. The van der Waals surface area contributed by atoms with Gasteiger partial charge in [0.25, 0.3) is 0 Å². The minimum Gasteiger partial charge on any atom is -0.395 e. The quantitative estimate of drug-likeness (QED) is 0.700. The van der Waals surface area contributed by atoms with Crippen molar-refractivity contribution in [2.24, 2.45) is 0 Å². The summed E-state index contributed by atoms with van der Waals surface area (Å²) in [6.45, 7) is 0.382. The molecule has 0 fully saturated rings. The molecule has 0 aromatic heterocycles. The molecule has 0 aliphatic carbocycles. The molecule has 5 heteroatoms. The first kappa shape index (κ1) is 14.0. The van der Waals surface area contributed by atoms with Crippen LogP contribution in [0.15, 0.2) is 35.2 Å². The summed E-state index contributed by atoms with van der Waals surface area (Å²) in [5, 5.41) is 17.6. The van der Waals surface area contributed by atoms with Crippen molar-refractivity contribution in [2.45, 2.75) is 4.90 Å². The van der Waals surface area contributed by atoms with Crippen LogP contribution in [0.25, 0.3) is 0 Å². The van der Waals surface area contributed by atoms with Crippen molar-refractivity contribution >= 4 is 17.7 Å². The van der Waals surface area contributed by atoms with Gasteiger partial charge in [0, 0.05) is 18.0 Å². The van der Waals surface area contributed by atoms with E-state index in [9.17, 15) is 4.79 Å². The maximum absolute atomic E-state index is 11.8. The Morgan fingerprint density at radius 2 is 1.71 bits per heavy atom. The van der Waals surface area contributed by atoms with Crippen molar-refractivity contribution in [3.05, 3.63) is 30.3 Å². The molecule has 1 aromatic carbocycles. The van der Waals surface area contributed by atoms with Crippen LogP contribution in [0.5, 0.6) is 0 Å². The third kappa shape index (κ3) is 5.21. The minimum absolute atomic E-state index is 0.0676. The average Bonchev–Trinajstić information content (AvgIpc) is 2.37. The Hall–Kier alpha value is -1.04.